The molecule has 0 amide bonds. The fourth-order valence-electron chi connectivity index (χ4n) is 9.31. The number of hydrogen-bond donors (Lipinski definition) is 0. The van der Waals surface area contributed by atoms with Crippen molar-refractivity contribution < 1.29 is 28.6 Å². The number of allylic oxidation sites excluding steroid dienone is 12. The Labute approximate surface area is 465 Å². The summed E-state index contributed by atoms with van der Waals surface area (Å²) < 4.78 is 16.9. The number of ether oxygens (including phenoxy) is 3. The highest BCUT2D eigenvalue weighted by Gasteiger charge is 2.19. The summed E-state index contributed by atoms with van der Waals surface area (Å²) >= 11 is 0. The Morgan fingerprint density at radius 2 is 0.507 bits per heavy atom. The minimum Gasteiger partial charge on any atom is -0.462 e. The van der Waals surface area contributed by atoms with E-state index in [0.717, 1.165) is 64.2 Å². The molecule has 0 aromatic rings. The van der Waals surface area contributed by atoms with Gasteiger partial charge in [-0.1, -0.05) is 299 Å². The molecule has 0 unspecified atom stereocenters. The van der Waals surface area contributed by atoms with Gasteiger partial charge in [-0.05, 0) is 83.5 Å². The van der Waals surface area contributed by atoms with Crippen molar-refractivity contribution in [1.29, 1.82) is 0 Å². The Bertz CT molecular complexity index is 1390. The molecule has 0 fully saturated rings. The summed E-state index contributed by atoms with van der Waals surface area (Å²) in [5.41, 5.74) is 0. The number of carbonyl (C=O) groups is 3. The van der Waals surface area contributed by atoms with E-state index >= 15 is 0 Å². The molecule has 0 aliphatic heterocycles. The van der Waals surface area contributed by atoms with E-state index in [1.165, 1.54) is 218 Å². The van der Waals surface area contributed by atoms with Gasteiger partial charge in [-0.3, -0.25) is 14.4 Å². The number of rotatable bonds is 59. The summed E-state index contributed by atoms with van der Waals surface area (Å²) in [5.74, 6) is -0.971. The Hall–Kier alpha value is -3.15. The zero-order valence-corrected chi connectivity index (χ0v) is 49.8. The molecule has 0 saturated carbocycles. The molecule has 6 heteroatoms. The van der Waals surface area contributed by atoms with Crippen molar-refractivity contribution in [2.75, 3.05) is 13.2 Å². The summed E-state index contributed by atoms with van der Waals surface area (Å²) in [6, 6.07) is 0. The largest absolute Gasteiger partial charge is 0.462 e. The van der Waals surface area contributed by atoms with Crippen LogP contribution in [0.2, 0.25) is 0 Å². The first kappa shape index (κ1) is 71.8. The van der Waals surface area contributed by atoms with Gasteiger partial charge >= 0.3 is 17.9 Å². The molecular weight excluding hydrogens is 925 g/mol. The van der Waals surface area contributed by atoms with E-state index in [1.54, 1.807) is 0 Å². The topological polar surface area (TPSA) is 78.9 Å². The molecule has 0 spiro atoms. The fourth-order valence-corrected chi connectivity index (χ4v) is 9.31. The van der Waals surface area contributed by atoms with Crippen LogP contribution in [0.3, 0.4) is 0 Å². The first-order valence-corrected chi connectivity index (χ1v) is 32.4. The molecule has 0 rings (SSSR count). The molecule has 6 nitrogen and oxygen atoms in total. The van der Waals surface area contributed by atoms with E-state index in [9.17, 15) is 14.4 Å². The van der Waals surface area contributed by atoms with E-state index < -0.39 is 6.10 Å². The monoisotopic (exact) mass is 1050 g/mol. The van der Waals surface area contributed by atoms with Crippen LogP contribution in [-0.2, 0) is 28.6 Å². The molecule has 0 saturated heterocycles. The number of esters is 3. The highest BCUT2D eigenvalue weighted by atomic mass is 16.6. The van der Waals surface area contributed by atoms with Gasteiger partial charge in [0.2, 0.25) is 0 Å². The predicted octanol–water partition coefficient (Wildman–Crippen LogP) is 22.1. The Morgan fingerprint density at radius 1 is 0.267 bits per heavy atom. The molecule has 0 radical (unpaired) electrons. The van der Waals surface area contributed by atoms with Crippen LogP contribution in [-0.4, -0.2) is 37.2 Å². The molecule has 0 aromatic carbocycles. The molecule has 0 heterocycles. The van der Waals surface area contributed by atoms with Crippen LogP contribution in [0.1, 0.15) is 329 Å². The van der Waals surface area contributed by atoms with Crippen LogP contribution in [0.15, 0.2) is 72.9 Å². The Morgan fingerprint density at radius 3 is 0.867 bits per heavy atom. The summed E-state index contributed by atoms with van der Waals surface area (Å²) in [5, 5.41) is 0. The standard InChI is InChI=1S/C69H122O6/c1-4-7-10-13-16-19-22-25-28-31-33-34-36-39-42-45-48-51-54-57-60-63-69(72)75-66(64-73-67(70)61-58-55-52-49-46-43-40-37-30-27-24-21-18-15-12-9-6-3)65-74-68(71)62-59-56-53-50-47-44-41-38-35-32-29-26-23-20-17-14-11-8-5-2/h17,20,26-27,29-30,35,38,44,47,53,56,66H,4-16,18-19,21-25,28,31-34,36-37,39-43,45-46,48-52,54-55,57-65H2,1-3H3/b20-17-,29-26-,30-27-,38-35-,47-44-,56-53-/t66-/m0/s1. The summed E-state index contributed by atoms with van der Waals surface area (Å²) in [4.78, 5) is 38.3. The Balaban J connectivity index is 4.44. The highest BCUT2D eigenvalue weighted by molar-refractivity contribution is 5.71. The van der Waals surface area contributed by atoms with Crippen LogP contribution >= 0.6 is 0 Å². The second-order valence-corrected chi connectivity index (χ2v) is 21.7. The lowest BCUT2D eigenvalue weighted by Gasteiger charge is -2.18. The molecule has 1 atom stereocenters. The van der Waals surface area contributed by atoms with E-state index in [2.05, 4.69) is 87.6 Å². The minimum atomic E-state index is -0.807. The predicted molar refractivity (Wildman–Crippen MR) is 325 cm³/mol. The molecule has 434 valence electrons. The molecule has 75 heavy (non-hydrogen) atoms. The smallest absolute Gasteiger partial charge is 0.306 e. The van der Waals surface area contributed by atoms with Crippen LogP contribution in [0, 0.1) is 0 Å². The molecule has 0 bridgehead atoms. The van der Waals surface area contributed by atoms with E-state index in [0.29, 0.717) is 19.3 Å². The minimum absolute atomic E-state index is 0.0977. The van der Waals surface area contributed by atoms with Crippen molar-refractivity contribution in [2.45, 2.75) is 335 Å². The van der Waals surface area contributed by atoms with E-state index in [-0.39, 0.29) is 37.5 Å². The highest BCUT2D eigenvalue weighted by Crippen LogP contribution is 2.17. The summed E-state index contributed by atoms with van der Waals surface area (Å²) in [6.07, 6.45) is 82.0. The maximum atomic E-state index is 12.9. The van der Waals surface area contributed by atoms with Gasteiger partial charge in [-0.25, -0.2) is 0 Å². The first-order valence-electron chi connectivity index (χ1n) is 32.4. The van der Waals surface area contributed by atoms with Gasteiger partial charge in [0.05, 0.1) is 0 Å². The number of unbranched alkanes of at least 4 members (excludes halogenated alkanes) is 36. The second kappa shape index (κ2) is 63.4. The third kappa shape index (κ3) is 61.6. The van der Waals surface area contributed by atoms with E-state index in [1.807, 2.05) is 6.08 Å². The van der Waals surface area contributed by atoms with Gasteiger partial charge in [0.25, 0.3) is 0 Å². The van der Waals surface area contributed by atoms with Gasteiger partial charge in [-0.2, -0.15) is 0 Å². The number of carbonyl (C=O) groups excluding carboxylic acids is 3. The van der Waals surface area contributed by atoms with Crippen molar-refractivity contribution in [3.05, 3.63) is 72.9 Å². The van der Waals surface area contributed by atoms with Gasteiger partial charge in [0.1, 0.15) is 13.2 Å². The third-order valence-corrected chi connectivity index (χ3v) is 14.2. The molecule has 0 N–H and O–H groups in total. The number of hydrogen-bond acceptors (Lipinski definition) is 6. The lowest BCUT2D eigenvalue weighted by atomic mass is 10.0. The molecule has 0 aromatic heterocycles. The van der Waals surface area contributed by atoms with Crippen LogP contribution in [0.4, 0.5) is 0 Å². The maximum absolute atomic E-state index is 12.9. The third-order valence-electron chi connectivity index (χ3n) is 14.2. The van der Waals surface area contributed by atoms with Crippen molar-refractivity contribution in [2.24, 2.45) is 0 Å². The lowest BCUT2D eigenvalue weighted by molar-refractivity contribution is -0.166. The first-order chi connectivity index (χ1) is 37.0. The summed E-state index contributed by atoms with van der Waals surface area (Å²) in [6.45, 7) is 6.59. The molecule has 0 aliphatic rings. The van der Waals surface area contributed by atoms with Crippen LogP contribution in [0.25, 0.3) is 0 Å². The average molecular weight is 1050 g/mol. The molecular formula is C69H122O6. The van der Waals surface area contributed by atoms with Gasteiger partial charge < -0.3 is 14.2 Å². The second-order valence-electron chi connectivity index (χ2n) is 21.7. The zero-order chi connectivity index (χ0) is 54.3. The lowest BCUT2D eigenvalue weighted by Crippen LogP contribution is -2.30. The van der Waals surface area contributed by atoms with Gasteiger partial charge in [0.15, 0.2) is 6.10 Å². The van der Waals surface area contributed by atoms with Crippen molar-refractivity contribution in [3.8, 4) is 0 Å². The van der Waals surface area contributed by atoms with Gasteiger partial charge in [-0.15, -0.1) is 0 Å². The molecule has 0 aliphatic carbocycles. The van der Waals surface area contributed by atoms with Gasteiger partial charge in [0, 0.05) is 19.3 Å². The van der Waals surface area contributed by atoms with Crippen LogP contribution in [0.5, 0.6) is 0 Å². The average Bonchev–Trinajstić information content (AvgIpc) is 3.41. The Kier molecular flexibility index (Phi) is 60.7. The SMILES string of the molecule is CCCCC/C=C\C/C=C\C/C=C\C/C=C\C/C=C\CCC(=O)OC[C@H](COC(=O)CCCCCCCCC/C=C\CCCCCCCC)OC(=O)CCCCCCCCCCCCCCCCCCCCCCC. The van der Waals surface area contributed by atoms with Crippen molar-refractivity contribution in [3.63, 3.8) is 0 Å². The maximum Gasteiger partial charge on any atom is 0.306 e. The fraction of sp³-hybridized carbons (Fsp3) is 0.783. The quantitative estimate of drug-likeness (QED) is 0.0261. The van der Waals surface area contributed by atoms with Crippen molar-refractivity contribution >= 4 is 17.9 Å². The normalized spacial score (nSPS) is 12.5. The van der Waals surface area contributed by atoms with E-state index in [4.69, 9.17) is 14.2 Å². The van der Waals surface area contributed by atoms with Crippen LogP contribution < -0.4 is 0 Å². The summed E-state index contributed by atoms with van der Waals surface area (Å²) in [7, 11) is 0. The zero-order valence-electron chi connectivity index (χ0n) is 49.8. The van der Waals surface area contributed by atoms with Crippen molar-refractivity contribution in [1.82, 2.24) is 0 Å².